The van der Waals surface area contributed by atoms with Gasteiger partial charge in [0.15, 0.2) is 0 Å². The maximum absolute atomic E-state index is 12.6. The van der Waals surface area contributed by atoms with Crippen LogP contribution >= 0.6 is 12.4 Å². The molecule has 1 amide bonds. The van der Waals surface area contributed by atoms with Crippen molar-refractivity contribution in [2.75, 3.05) is 0 Å². The van der Waals surface area contributed by atoms with E-state index >= 15 is 0 Å². The van der Waals surface area contributed by atoms with E-state index in [2.05, 4.69) is 5.32 Å². The van der Waals surface area contributed by atoms with E-state index in [1.165, 1.54) is 0 Å². The zero-order chi connectivity index (χ0) is 21.7. The van der Waals surface area contributed by atoms with Gasteiger partial charge in [0.25, 0.3) is 5.91 Å². The average Bonchev–Trinajstić information content (AvgIpc) is 2.74. The third-order valence-corrected chi connectivity index (χ3v) is 5.42. The highest BCUT2D eigenvalue weighted by atomic mass is 35.5. The minimum atomic E-state index is -0.123. The molecule has 166 valence electrons. The number of ether oxygens (including phenoxy) is 1. The number of nitrogen functional groups attached to an aromatic ring is 1. The molecule has 0 bridgehead atoms. The van der Waals surface area contributed by atoms with Crippen molar-refractivity contribution in [3.8, 4) is 11.1 Å². The van der Waals surface area contributed by atoms with Crippen LogP contribution < -0.4 is 11.1 Å². The molecule has 0 radical (unpaired) electrons. The van der Waals surface area contributed by atoms with Crippen molar-refractivity contribution >= 4 is 30.1 Å². The van der Waals surface area contributed by atoms with E-state index in [-0.39, 0.29) is 48.2 Å². The fraction of sp³-hybridized carbons (Fsp3) is 0.375. The Balaban J connectivity index is 0.00000341. The van der Waals surface area contributed by atoms with Crippen LogP contribution in [0, 0.1) is 11.3 Å². The van der Waals surface area contributed by atoms with Gasteiger partial charge in [-0.2, -0.15) is 0 Å². The molecule has 1 fully saturated rings. The molecule has 0 aromatic heterocycles. The summed E-state index contributed by atoms with van der Waals surface area (Å²) in [5, 5.41) is 10.5. The van der Waals surface area contributed by atoms with Gasteiger partial charge in [-0.15, -0.1) is 12.4 Å². The van der Waals surface area contributed by atoms with Crippen molar-refractivity contribution in [2.45, 2.75) is 51.7 Å². The number of nitrogens with one attached hydrogen (secondary N) is 2. The average molecular weight is 444 g/mol. The standard InChI is InChI=1S/C24H29N3O3.ClH/c1-15(2)30-24(29)20-11-13-21(14-12-20)27-23(28)19-9-5-17(6-10-19)16-3-7-18(8-4-16)22(25)26;/h3-10,15,20-21H,11-14H2,1-2H3,(H3,25,26)(H,27,28);1H/t20-,21-;. The maximum atomic E-state index is 12.6. The third-order valence-electron chi connectivity index (χ3n) is 5.42. The summed E-state index contributed by atoms with van der Waals surface area (Å²) in [6, 6.07) is 15.0. The first kappa shape index (κ1) is 24.4. The zero-order valence-corrected chi connectivity index (χ0v) is 18.7. The molecule has 0 saturated heterocycles. The summed E-state index contributed by atoms with van der Waals surface area (Å²) in [6.07, 6.45) is 2.95. The second-order valence-corrected chi connectivity index (χ2v) is 8.08. The Bertz CT molecular complexity index is 903. The molecule has 0 aliphatic heterocycles. The number of hydrogen-bond donors (Lipinski definition) is 3. The molecule has 4 N–H and O–H groups in total. The molecule has 1 aliphatic carbocycles. The molecule has 31 heavy (non-hydrogen) atoms. The number of amidine groups is 1. The topological polar surface area (TPSA) is 105 Å². The van der Waals surface area contributed by atoms with Crippen LogP contribution in [0.1, 0.15) is 55.5 Å². The van der Waals surface area contributed by atoms with Crippen LogP contribution in [0.2, 0.25) is 0 Å². The van der Waals surface area contributed by atoms with Gasteiger partial charge in [-0.25, -0.2) is 0 Å². The van der Waals surface area contributed by atoms with Gasteiger partial charge < -0.3 is 15.8 Å². The summed E-state index contributed by atoms with van der Waals surface area (Å²) in [5.74, 6) is -0.239. The van der Waals surface area contributed by atoms with Gasteiger partial charge in [-0.1, -0.05) is 36.4 Å². The molecule has 0 unspecified atom stereocenters. The van der Waals surface area contributed by atoms with Crippen LogP contribution in [-0.4, -0.2) is 29.9 Å². The fourth-order valence-corrected chi connectivity index (χ4v) is 3.73. The number of esters is 1. The van der Waals surface area contributed by atoms with Crippen molar-refractivity contribution in [3.05, 3.63) is 59.7 Å². The number of carbonyl (C=O) groups excluding carboxylic acids is 2. The monoisotopic (exact) mass is 443 g/mol. The highest BCUT2D eigenvalue weighted by Crippen LogP contribution is 2.26. The fourth-order valence-electron chi connectivity index (χ4n) is 3.73. The van der Waals surface area contributed by atoms with Gasteiger partial charge >= 0.3 is 5.97 Å². The third kappa shape index (κ3) is 6.56. The molecule has 1 saturated carbocycles. The first-order valence-corrected chi connectivity index (χ1v) is 10.4. The highest BCUT2D eigenvalue weighted by Gasteiger charge is 2.28. The Hall–Kier alpha value is -2.86. The summed E-state index contributed by atoms with van der Waals surface area (Å²) in [4.78, 5) is 24.6. The van der Waals surface area contributed by atoms with E-state index in [1.54, 1.807) is 0 Å². The minimum absolute atomic E-state index is 0. The summed E-state index contributed by atoms with van der Waals surface area (Å²) in [6.45, 7) is 3.71. The largest absolute Gasteiger partial charge is 0.463 e. The van der Waals surface area contributed by atoms with Gasteiger partial charge in [-0.05, 0) is 62.8 Å². The number of hydrogen-bond acceptors (Lipinski definition) is 4. The van der Waals surface area contributed by atoms with Gasteiger partial charge in [0.1, 0.15) is 5.84 Å². The van der Waals surface area contributed by atoms with E-state index < -0.39 is 0 Å². The van der Waals surface area contributed by atoms with E-state index in [9.17, 15) is 9.59 Å². The molecule has 1 aliphatic rings. The number of rotatable bonds is 6. The Morgan fingerprint density at radius 1 is 0.935 bits per heavy atom. The molecule has 0 atom stereocenters. The van der Waals surface area contributed by atoms with Gasteiger partial charge in [0, 0.05) is 17.2 Å². The SMILES string of the molecule is CC(C)OC(=O)[C@H]1CC[C@H](NC(=O)c2ccc(-c3ccc(C(=N)N)cc3)cc2)CC1.Cl. The Morgan fingerprint density at radius 2 is 1.42 bits per heavy atom. The van der Waals surface area contributed by atoms with Crippen molar-refractivity contribution in [3.63, 3.8) is 0 Å². The van der Waals surface area contributed by atoms with Gasteiger partial charge in [0.05, 0.1) is 12.0 Å². The number of benzene rings is 2. The summed E-state index contributed by atoms with van der Waals surface area (Å²) < 4.78 is 5.30. The van der Waals surface area contributed by atoms with E-state index in [4.69, 9.17) is 15.9 Å². The van der Waals surface area contributed by atoms with Crippen LogP contribution in [0.25, 0.3) is 11.1 Å². The molecular weight excluding hydrogens is 414 g/mol. The number of carbonyl (C=O) groups is 2. The second-order valence-electron chi connectivity index (χ2n) is 8.08. The zero-order valence-electron chi connectivity index (χ0n) is 17.9. The Labute approximate surface area is 189 Å². The molecule has 0 heterocycles. The summed E-state index contributed by atoms with van der Waals surface area (Å²) in [5.41, 5.74) is 8.77. The summed E-state index contributed by atoms with van der Waals surface area (Å²) >= 11 is 0. The lowest BCUT2D eigenvalue weighted by molar-refractivity contribution is -0.153. The molecular formula is C24H30ClN3O3. The van der Waals surface area contributed by atoms with E-state index in [0.29, 0.717) is 11.1 Å². The normalized spacial score (nSPS) is 18.0. The first-order chi connectivity index (χ1) is 14.3. The van der Waals surface area contributed by atoms with Crippen molar-refractivity contribution in [1.29, 1.82) is 5.41 Å². The summed E-state index contributed by atoms with van der Waals surface area (Å²) in [7, 11) is 0. The smallest absolute Gasteiger partial charge is 0.309 e. The molecule has 0 spiro atoms. The number of halogens is 1. The number of nitrogens with two attached hydrogens (primary N) is 1. The van der Waals surface area contributed by atoms with E-state index in [1.807, 2.05) is 62.4 Å². The maximum Gasteiger partial charge on any atom is 0.309 e. The minimum Gasteiger partial charge on any atom is -0.463 e. The predicted octanol–water partition coefficient (Wildman–Crippen LogP) is 4.30. The highest BCUT2D eigenvalue weighted by molar-refractivity contribution is 5.96. The Kier molecular flexibility index (Phi) is 8.63. The van der Waals surface area contributed by atoms with Crippen molar-refractivity contribution in [2.24, 2.45) is 11.7 Å². The van der Waals surface area contributed by atoms with Crippen LogP contribution in [0.4, 0.5) is 0 Å². The van der Waals surface area contributed by atoms with Crippen molar-refractivity contribution in [1.82, 2.24) is 5.32 Å². The van der Waals surface area contributed by atoms with Gasteiger partial charge in [-0.3, -0.25) is 15.0 Å². The molecule has 3 rings (SSSR count). The van der Waals surface area contributed by atoms with Crippen molar-refractivity contribution < 1.29 is 14.3 Å². The molecule has 6 nitrogen and oxygen atoms in total. The predicted molar refractivity (Wildman–Crippen MR) is 125 cm³/mol. The number of amides is 1. The lowest BCUT2D eigenvalue weighted by Crippen LogP contribution is -2.39. The lowest BCUT2D eigenvalue weighted by Gasteiger charge is -2.28. The van der Waals surface area contributed by atoms with Crippen LogP contribution in [0.15, 0.2) is 48.5 Å². The van der Waals surface area contributed by atoms with Crippen LogP contribution in [0.3, 0.4) is 0 Å². The van der Waals surface area contributed by atoms with E-state index in [0.717, 1.165) is 36.8 Å². The Morgan fingerprint density at radius 3 is 1.87 bits per heavy atom. The van der Waals surface area contributed by atoms with Crippen LogP contribution in [-0.2, 0) is 9.53 Å². The molecule has 7 heteroatoms. The first-order valence-electron chi connectivity index (χ1n) is 10.4. The van der Waals surface area contributed by atoms with Crippen LogP contribution in [0.5, 0.6) is 0 Å². The van der Waals surface area contributed by atoms with Gasteiger partial charge in [0.2, 0.25) is 0 Å². The molecule has 2 aromatic rings. The lowest BCUT2D eigenvalue weighted by atomic mass is 9.86. The second kappa shape index (κ2) is 11.0. The quantitative estimate of drug-likeness (QED) is 0.351. The molecule has 2 aromatic carbocycles.